The highest BCUT2D eigenvalue weighted by Gasteiger charge is 2.33. The van der Waals surface area contributed by atoms with Crippen LogP contribution in [-0.4, -0.2) is 45.1 Å². The minimum Gasteiger partial charge on any atom is -0.454 e. The van der Waals surface area contributed by atoms with Crippen LogP contribution in [0.3, 0.4) is 0 Å². The van der Waals surface area contributed by atoms with Gasteiger partial charge in [0.05, 0.1) is 4.90 Å². The molecule has 172 valence electrons. The summed E-state index contributed by atoms with van der Waals surface area (Å²) in [7, 11) is -3.69. The molecule has 0 atom stereocenters. The van der Waals surface area contributed by atoms with Gasteiger partial charge < -0.3 is 14.8 Å². The highest BCUT2D eigenvalue weighted by atomic mass is 32.2. The van der Waals surface area contributed by atoms with E-state index < -0.39 is 15.8 Å². The van der Waals surface area contributed by atoms with Crippen molar-refractivity contribution in [1.29, 1.82) is 0 Å². The van der Waals surface area contributed by atoms with Crippen molar-refractivity contribution in [2.45, 2.75) is 37.0 Å². The standard InChI is InChI=1S/C23H27FN2O5S/c1-23(2,17-3-8-20-21(13-17)31-15-30-20)14-25-22(27)16-9-11-26(12-10-16)32(28,29)19-6-4-18(24)5-7-19/h3-8,13,16H,9-12,14-15H2,1-2H3,(H,25,27). The third-order valence-electron chi connectivity index (χ3n) is 6.13. The van der Waals surface area contributed by atoms with Crippen LogP contribution >= 0.6 is 0 Å². The number of hydrogen-bond acceptors (Lipinski definition) is 5. The van der Waals surface area contributed by atoms with Gasteiger partial charge in [-0.2, -0.15) is 4.31 Å². The molecule has 2 aliphatic rings. The zero-order chi connectivity index (χ0) is 22.9. The summed E-state index contributed by atoms with van der Waals surface area (Å²) in [6.45, 7) is 5.25. The number of amides is 1. The molecule has 0 radical (unpaired) electrons. The van der Waals surface area contributed by atoms with Crippen molar-refractivity contribution in [1.82, 2.24) is 9.62 Å². The number of rotatable bonds is 6. The minimum absolute atomic E-state index is 0.0623. The molecule has 1 amide bonds. The van der Waals surface area contributed by atoms with E-state index in [2.05, 4.69) is 5.32 Å². The van der Waals surface area contributed by atoms with E-state index in [1.807, 2.05) is 32.0 Å². The summed E-state index contributed by atoms with van der Waals surface area (Å²) in [5.41, 5.74) is 0.714. The van der Waals surface area contributed by atoms with Gasteiger partial charge >= 0.3 is 0 Å². The molecule has 0 saturated carbocycles. The first-order chi connectivity index (χ1) is 15.2. The van der Waals surface area contributed by atoms with Gasteiger partial charge in [-0.15, -0.1) is 0 Å². The summed E-state index contributed by atoms with van der Waals surface area (Å²) in [5.74, 6) is 0.621. The molecule has 4 rings (SSSR count). The second kappa shape index (κ2) is 8.71. The topological polar surface area (TPSA) is 84.9 Å². The van der Waals surface area contributed by atoms with Crippen LogP contribution in [0.4, 0.5) is 4.39 Å². The Kier molecular flexibility index (Phi) is 6.13. The number of nitrogens with one attached hydrogen (secondary N) is 1. The Bertz CT molecular complexity index is 1090. The van der Waals surface area contributed by atoms with E-state index >= 15 is 0 Å². The van der Waals surface area contributed by atoms with Gasteiger partial charge in [-0.3, -0.25) is 4.79 Å². The Morgan fingerprint density at radius 3 is 2.44 bits per heavy atom. The summed E-state index contributed by atoms with van der Waals surface area (Å²) in [5, 5.41) is 3.03. The van der Waals surface area contributed by atoms with Crippen molar-refractivity contribution in [3.63, 3.8) is 0 Å². The van der Waals surface area contributed by atoms with E-state index in [-0.39, 0.29) is 42.0 Å². The maximum Gasteiger partial charge on any atom is 0.243 e. The van der Waals surface area contributed by atoms with Crippen molar-refractivity contribution in [2.24, 2.45) is 5.92 Å². The Hall–Kier alpha value is -2.65. The average Bonchev–Trinajstić information content (AvgIpc) is 3.26. The summed E-state index contributed by atoms with van der Waals surface area (Å²) >= 11 is 0. The molecule has 0 bridgehead atoms. The summed E-state index contributed by atoms with van der Waals surface area (Å²) < 4.78 is 50.8. The van der Waals surface area contributed by atoms with Crippen LogP contribution in [0.25, 0.3) is 0 Å². The van der Waals surface area contributed by atoms with Crippen LogP contribution in [0.5, 0.6) is 11.5 Å². The normalized spacial score (nSPS) is 17.3. The molecule has 1 fully saturated rings. The van der Waals surface area contributed by atoms with E-state index in [1.54, 1.807) is 0 Å². The van der Waals surface area contributed by atoms with Gasteiger partial charge in [0.1, 0.15) is 5.82 Å². The summed E-state index contributed by atoms with van der Waals surface area (Å²) in [6.07, 6.45) is 0.882. The lowest BCUT2D eigenvalue weighted by Crippen LogP contribution is -2.45. The predicted molar refractivity (Wildman–Crippen MR) is 116 cm³/mol. The molecule has 2 aromatic carbocycles. The molecule has 9 heteroatoms. The molecule has 0 aliphatic carbocycles. The third-order valence-corrected chi connectivity index (χ3v) is 8.05. The van der Waals surface area contributed by atoms with Crippen LogP contribution < -0.4 is 14.8 Å². The highest BCUT2D eigenvalue weighted by molar-refractivity contribution is 7.89. The number of benzene rings is 2. The molecule has 32 heavy (non-hydrogen) atoms. The lowest BCUT2D eigenvalue weighted by atomic mass is 9.84. The van der Waals surface area contributed by atoms with Gasteiger partial charge in [-0.25, -0.2) is 12.8 Å². The van der Waals surface area contributed by atoms with E-state index in [0.717, 1.165) is 23.4 Å². The fourth-order valence-electron chi connectivity index (χ4n) is 3.99. The molecule has 2 aliphatic heterocycles. The van der Waals surface area contributed by atoms with Crippen molar-refractivity contribution in [3.05, 3.63) is 53.8 Å². The second-order valence-electron chi connectivity index (χ2n) is 8.80. The van der Waals surface area contributed by atoms with Crippen molar-refractivity contribution in [3.8, 4) is 11.5 Å². The zero-order valence-electron chi connectivity index (χ0n) is 18.1. The van der Waals surface area contributed by atoms with Crippen LogP contribution in [0.2, 0.25) is 0 Å². The van der Waals surface area contributed by atoms with Gasteiger partial charge in [-0.05, 0) is 54.8 Å². The number of piperidine rings is 1. The molecule has 0 aromatic heterocycles. The number of carbonyl (C=O) groups is 1. The molecule has 7 nitrogen and oxygen atoms in total. The van der Waals surface area contributed by atoms with Crippen LogP contribution in [0.15, 0.2) is 47.4 Å². The summed E-state index contributed by atoms with van der Waals surface area (Å²) in [4.78, 5) is 12.8. The molecule has 1 N–H and O–H groups in total. The third kappa shape index (κ3) is 4.59. The maximum atomic E-state index is 13.1. The largest absolute Gasteiger partial charge is 0.454 e. The second-order valence-corrected chi connectivity index (χ2v) is 10.7. The monoisotopic (exact) mass is 462 g/mol. The Balaban J connectivity index is 1.32. The van der Waals surface area contributed by atoms with E-state index in [4.69, 9.17) is 9.47 Å². The lowest BCUT2D eigenvalue weighted by molar-refractivity contribution is -0.126. The number of sulfonamides is 1. The van der Waals surface area contributed by atoms with Gasteiger partial charge in [0, 0.05) is 31.0 Å². The number of hydrogen-bond donors (Lipinski definition) is 1. The maximum absolute atomic E-state index is 13.1. The molecule has 2 heterocycles. The molecule has 2 aromatic rings. The first kappa shape index (κ1) is 22.5. The Morgan fingerprint density at radius 1 is 1.09 bits per heavy atom. The Morgan fingerprint density at radius 2 is 1.75 bits per heavy atom. The van der Waals surface area contributed by atoms with Gasteiger partial charge in [0.2, 0.25) is 22.7 Å². The quantitative estimate of drug-likeness (QED) is 0.713. The smallest absolute Gasteiger partial charge is 0.243 e. The predicted octanol–water partition coefficient (Wildman–Crippen LogP) is 3.05. The minimum atomic E-state index is -3.69. The lowest BCUT2D eigenvalue weighted by Gasteiger charge is -2.32. The number of fused-ring (bicyclic) bond motifs is 1. The fraction of sp³-hybridized carbons (Fsp3) is 0.435. The number of nitrogens with zero attached hydrogens (tertiary/aromatic N) is 1. The SMILES string of the molecule is CC(C)(CNC(=O)C1CCN(S(=O)(=O)c2ccc(F)cc2)CC1)c1ccc2c(c1)OCO2. The first-order valence-electron chi connectivity index (χ1n) is 10.6. The fourth-order valence-corrected chi connectivity index (χ4v) is 5.46. The van der Waals surface area contributed by atoms with Crippen molar-refractivity contribution < 1.29 is 27.1 Å². The van der Waals surface area contributed by atoms with Crippen molar-refractivity contribution in [2.75, 3.05) is 26.4 Å². The summed E-state index contributed by atoms with van der Waals surface area (Å²) in [6, 6.07) is 10.6. The van der Waals surface area contributed by atoms with Crippen LogP contribution in [-0.2, 0) is 20.2 Å². The van der Waals surface area contributed by atoms with Crippen LogP contribution in [0.1, 0.15) is 32.3 Å². The van der Waals surface area contributed by atoms with Gasteiger partial charge in [-0.1, -0.05) is 19.9 Å². The Labute approximate surface area is 187 Å². The molecular formula is C23H27FN2O5S. The van der Waals surface area contributed by atoms with E-state index in [1.165, 1.54) is 16.4 Å². The number of ether oxygens (including phenoxy) is 2. The average molecular weight is 463 g/mol. The van der Waals surface area contributed by atoms with E-state index in [0.29, 0.717) is 25.1 Å². The molecule has 1 saturated heterocycles. The van der Waals surface area contributed by atoms with Gasteiger partial charge in [0.25, 0.3) is 0 Å². The molecule has 0 unspecified atom stereocenters. The highest BCUT2D eigenvalue weighted by Crippen LogP contribution is 2.36. The van der Waals surface area contributed by atoms with E-state index in [9.17, 15) is 17.6 Å². The zero-order valence-corrected chi connectivity index (χ0v) is 19.0. The molecule has 0 spiro atoms. The molecular weight excluding hydrogens is 435 g/mol. The number of halogens is 1. The van der Waals surface area contributed by atoms with Crippen molar-refractivity contribution >= 4 is 15.9 Å². The first-order valence-corrected chi connectivity index (χ1v) is 12.0. The number of carbonyl (C=O) groups excluding carboxylic acids is 1. The van der Waals surface area contributed by atoms with Crippen LogP contribution in [0, 0.1) is 11.7 Å². The van der Waals surface area contributed by atoms with Gasteiger partial charge in [0.15, 0.2) is 11.5 Å².